The van der Waals surface area contributed by atoms with Crippen LogP contribution < -0.4 is 5.32 Å². The molecule has 2 nitrogen and oxygen atoms in total. The van der Waals surface area contributed by atoms with E-state index in [0.717, 1.165) is 14.1 Å². The standard InChI is InChI=1S/C12H9ClINOS/c13-8-3-4-11(10(14)6-8)15-12(16)7-9-2-1-5-17-9/h1-6H,7H2,(H,15,16). The summed E-state index contributed by atoms with van der Waals surface area (Å²) in [5, 5.41) is 5.52. The number of hydrogen-bond donors (Lipinski definition) is 1. The Morgan fingerprint density at radius 2 is 2.24 bits per heavy atom. The maximum Gasteiger partial charge on any atom is 0.229 e. The van der Waals surface area contributed by atoms with E-state index in [9.17, 15) is 4.79 Å². The summed E-state index contributed by atoms with van der Waals surface area (Å²) < 4.78 is 0.939. The first-order valence-electron chi connectivity index (χ1n) is 4.92. The zero-order valence-corrected chi connectivity index (χ0v) is 12.5. The average Bonchev–Trinajstić information content (AvgIpc) is 2.75. The van der Waals surface area contributed by atoms with Crippen LogP contribution in [0.1, 0.15) is 4.88 Å². The molecule has 0 saturated heterocycles. The zero-order valence-electron chi connectivity index (χ0n) is 8.74. The van der Waals surface area contributed by atoms with Gasteiger partial charge in [-0.1, -0.05) is 17.7 Å². The van der Waals surface area contributed by atoms with Crippen LogP contribution in [0.15, 0.2) is 35.7 Å². The number of hydrogen-bond acceptors (Lipinski definition) is 2. The number of carbonyl (C=O) groups excluding carboxylic acids is 1. The van der Waals surface area contributed by atoms with Crippen LogP contribution in [0.5, 0.6) is 0 Å². The largest absolute Gasteiger partial charge is 0.325 e. The second kappa shape index (κ2) is 5.84. The first-order chi connectivity index (χ1) is 8.15. The smallest absolute Gasteiger partial charge is 0.229 e. The molecule has 88 valence electrons. The molecule has 2 aromatic rings. The van der Waals surface area contributed by atoms with Gasteiger partial charge in [0.15, 0.2) is 0 Å². The van der Waals surface area contributed by atoms with Gasteiger partial charge in [-0.15, -0.1) is 11.3 Å². The summed E-state index contributed by atoms with van der Waals surface area (Å²) in [7, 11) is 0. The van der Waals surface area contributed by atoms with Gasteiger partial charge in [-0.25, -0.2) is 0 Å². The van der Waals surface area contributed by atoms with E-state index in [1.54, 1.807) is 17.4 Å². The second-order valence-corrected chi connectivity index (χ2v) is 6.06. The van der Waals surface area contributed by atoms with Crippen molar-refractivity contribution < 1.29 is 4.79 Å². The number of halogens is 2. The van der Waals surface area contributed by atoms with Crippen LogP contribution in [0.2, 0.25) is 5.02 Å². The molecule has 0 atom stereocenters. The molecule has 0 saturated carbocycles. The van der Waals surface area contributed by atoms with Gasteiger partial charge >= 0.3 is 0 Å². The number of carbonyl (C=O) groups is 1. The first kappa shape index (κ1) is 12.9. The average molecular weight is 378 g/mol. The van der Waals surface area contributed by atoms with Crippen molar-refractivity contribution in [2.75, 3.05) is 5.32 Å². The van der Waals surface area contributed by atoms with Gasteiger partial charge in [0, 0.05) is 13.5 Å². The number of thiophene rings is 1. The van der Waals surface area contributed by atoms with Gasteiger partial charge in [0.05, 0.1) is 12.1 Å². The van der Waals surface area contributed by atoms with E-state index < -0.39 is 0 Å². The molecule has 0 aliphatic carbocycles. The molecule has 0 aliphatic rings. The Kier molecular flexibility index (Phi) is 4.42. The molecule has 0 spiro atoms. The molecule has 0 fully saturated rings. The Hall–Kier alpha value is -0.590. The van der Waals surface area contributed by atoms with Crippen LogP contribution in [-0.2, 0) is 11.2 Å². The van der Waals surface area contributed by atoms with Crippen LogP contribution in [0.25, 0.3) is 0 Å². The lowest BCUT2D eigenvalue weighted by Crippen LogP contribution is -2.14. The van der Waals surface area contributed by atoms with Crippen molar-refractivity contribution in [3.63, 3.8) is 0 Å². The number of anilines is 1. The maximum atomic E-state index is 11.8. The number of amides is 1. The van der Waals surface area contributed by atoms with Crippen molar-refractivity contribution in [1.82, 2.24) is 0 Å². The van der Waals surface area contributed by atoms with E-state index in [0.29, 0.717) is 11.4 Å². The molecule has 1 aromatic heterocycles. The van der Waals surface area contributed by atoms with E-state index in [-0.39, 0.29) is 5.91 Å². The minimum absolute atomic E-state index is 0.00677. The van der Waals surface area contributed by atoms with E-state index in [1.165, 1.54) is 0 Å². The first-order valence-corrected chi connectivity index (χ1v) is 7.26. The van der Waals surface area contributed by atoms with Crippen molar-refractivity contribution in [3.05, 3.63) is 49.2 Å². The summed E-state index contributed by atoms with van der Waals surface area (Å²) >= 11 is 9.59. The fourth-order valence-electron chi connectivity index (χ4n) is 1.36. The highest BCUT2D eigenvalue weighted by Gasteiger charge is 2.07. The summed E-state index contributed by atoms with van der Waals surface area (Å²) in [4.78, 5) is 12.8. The third-order valence-corrected chi connectivity index (χ3v) is 4.12. The van der Waals surface area contributed by atoms with Gasteiger partial charge in [-0.3, -0.25) is 4.79 Å². The van der Waals surface area contributed by atoms with E-state index in [1.807, 2.05) is 29.6 Å². The van der Waals surface area contributed by atoms with Gasteiger partial charge in [0.25, 0.3) is 0 Å². The van der Waals surface area contributed by atoms with E-state index >= 15 is 0 Å². The fourth-order valence-corrected chi connectivity index (χ4v) is 3.07. The summed E-state index contributed by atoms with van der Waals surface area (Å²) in [6.45, 7) is 0. The number of rotatable bonds is 3. The van der Waals surface area contributed by atoms with Gasteiger partial charge in [0.2, 0.25) is 5.91 Å². The molecule has 5 heteroatoms. The Balaban J connectivity index is 2.03. The van der Waals surface area contributed by atoms with Crippen LogP contribution >= 0.6 is 45.5 Å². The number of nitrogens with one attached hydrogen (secondary N) is 1. The lowest BCUT2D eigenvalue weighted by molar-refractivity contribution is -0.115. The van der Waals surface area contributed by atoms with Gasteiger partial charge in [0.1, 0.15) is 0 Å². The Bertz CT molecular complexity index is 527. The zero-order chi connectivity index (χ0) is 12.3. The summed E-state index contributed by atoms with van der Waals surface area (Å²) in [5.74, 6) is -0.00677. The van der Waals surface area contributed by atoms with Gasteiger partial charge in [-0.2, -0.15) is 0 Å². The van der Waals surface area contributed by atoms with Crippen LogP contribution in [0, 0.1) is 3.57 Å². The highest BCUT2D eigenvalue weighted by molar-refractivity contribution is 14.1. The summed E-state index contributed by atoms with van der Waals surface area (Å²) in [6, 6.07) is 9.31. The van der Waals surface area contributed by atoms with Crippen LogP contribution in [-0.4, -0.2) is 5.91 Å². The molecule has 0 unspecified atom stereocenters. The maximum absolute atomic E-state index is 11.8. The van der Waals surface area contributed by atoms with Crippen LogP contribution in [0.4, 0.5) is 5.69 Å². The Morgan fingerprint density at radius 3 is 2.88 bits per heavy atom. The molecule has 1 aromatic carbocycles. The third-order valence-electron chi connectivity index (χ3n) is 2.12. The molecule has 2 rings (SSSR count). The second-order valence-electron chi connectivity index (χ2n) is 3.43. The number of benzene rings is 1. The van der Waals surface area contributed by atoms with Crippen molar-refractivity contribution in [2.45, 2.75) is 6.42 Å². The highest BCUT2D eigenvalue weighted by Crippen LogP contribution is 2.22. The molecule has 1 N–H and O–H groups in total. The van der Waals surface area contributed by atoms with Gasteiger partial charge < -0.3 is 5.32 Å². The van der Waals surface area contributed by atoms with E-state index in [2.05, 4.69) is 27.9 Å². The molecule has 0 aliphatic heterocycles. The molecule has 17 heavy (non-hydrogen) atoms. The third kappa shape index (κ3) is 3.69. The van der Waals surface area contributed by atoms with E-state index in [4.69, 9.17) is 11.6 Å². The Labute approximate surface area is 122 Å². The molecular formula is C12H9ClINOS. The quantitative estimate of drug-likeness (QED) is 0.799. The molecule has 1 heterocycles. The Morgan fingerprint density at radius 1 is 1.41 bits per heavy atom. The van der Waals surface area contributed by atoms with Crippen molar-refractivity contribution >= 4 is 57.1 Å². The molecule has 0 radical (unpaired) electrons. The summed E-state index contributed by atoms with van der Waals surface area (Å²) in [5.41, 5.74) is 0.802. The normalized spacial score (nSPS) is 10.2. The SMILES string of the molecule is O=C(Cc1cccs1)Nc1ccc(Cl)cc1I. The minimum Gasteiger partial charge on any atom is -0.325 e. The van der Waals surface area contributed by atoms with Crippen LogP contribution in [0.3, 0.4) is 0 Å². The topological polar surface area (TPSA) is 29.1 Å². The predicted molar refractivity (Wildman–Crippen MR) is 80.8 cm³/mol. The monoisotopic (exact) mass is 377 g/mol. The molecule has 0 bridgehead atoms. The lowest BCUT2D eigenvalue weighted by atomic mass is 10.3. The van der Waals surface area contributed by atoms with Crippen molar-refractivity contribution in [2.24, 2.45) is 0 Å². The summed E-state index contributed by atoms with van der Waals surface area (Å²) in [6.07, 6.45) is 0.413. The molecule has 1 amide bonds. The lowest BCUT2D eigenvalue weighted by Gasteiger charge is -2.06. The minimum atomic E-state index is -0.00677. The predicted octanol–water partition coefficient (Wildman–Crippen LogP) is 4.19. The van der Waals surface area contributed by atoms with Crippen molar-refractivity contribution in [1.29, 1.82) is 0 Å². The highest BCUT2D eigenvalue weighted by atomic mass is 127. The fraction of sp³-hybridized carbons (Fsp3) is 0.0833. The van der Waals surface area contributed by atoms with Gasteiger partial charge in [-0.05, 0) is 52.2 Å². The molecular weight excluding hydrogens is 369 g/mol. The van der Waals surface area contributed by atoms with Crippen molar-refractivity contribution in [3.8, 4) is 0 Å².